The van der Waals surface area contributed by atoms with E-state index in [-0.39, 0.29) is 17.1 Å². The lowest BCUT2D eigenvalue weighted by molar-refractivity contribution is -0.384. The first kappa shape index (κ1) is 28.2. The summed E-state index contributed by atoms with van der Waals surface area (Å²) in [6.07, 6.45) is 9.85. The molecule has 0 aliphatic carbocycles. The number of nitrogens with zero attached hydrogens (tertiary/aromatic N) is 4. The van der Waals surface area contributed by atoms with Crippen molar-refractivity contribution in [2.45, 2.75) is 71.6 Å². The Morgan fingerprint density at radius 2 is 1.60 bits per heavy atom. The minimum Gasteiger partial charge on any atom is -0.481 e. The fourth-order valence-corrected chi connectivity index (χ4v) is 4.00. The number of carbonyl (C=O) groups is 1. The molecule has 0 radical (unpaired) electrons. The van der Waals surface area contributed by atoms with Gasteiger partial charge in [-0.05, 0) is 43.2 Å². The van der Waals surface area contributed by atoms with E-state index in [1.54, 1.807) is 0 Å². The number of nitro benzene ring substituents is 1. The summed E-state index contributed by atoms with van der Waals surface area (Å²) >= 11 is 6.10. The minimum atomic E-state index is -0.812. The number of unbranched alkanes of at least 4 members (excludes halogenated alkanes) is 7. The highest BCUT2D eigenvalue weighted by Gasteiger charge is 2.12. The third-order valence-corrected chi connectivity index (χ3v) is 6.13. The van der Waals surface area contributed by atoms with Crippen molar-refractivity contribution in [2.75, 3.05) is 18.0 Å². The molecule has 0 amide bonds. The van der Waals surface area contributed by atoms with Crippen molar-refractivity contribution in [3.63, 3.8) is 0 Å². The summed E-state index contributed by atoms with van der Waals surface area (Å²) in [5.74, 6) is -0.812. The number of nitro groups is 1. The second-order valence-electron chi connectivity index (χ2n) is 8.67. The molecule has 0 aromatic heterocycles. The van der Waals surface area contributed by atoms with Gasteiger partial charge in [-0.15, -0.1) is 5.11 Å². The molecule has 0 aliphatic heterocycles. The second-order valence-corrected chi connectivity index (χ2v) is 9.08. The summed E-state index contributed by atoms with van der Waals surface area (Å²) in [5.41, 5.74) is 2.74. The van der Waals surface area contributed by atoms with Gasteiger partial charge in [-0.2, -0.15) is 5.11 Å². The zero-order valence-corrected chi connectivity index (χ0v) is 21.3. The molecule has 0 saturated carbocycles. The highest BCUT2D eigenvalue weighted by Crippen LogP contribution is 2.32. The number of non-ortho nitro benzene ring substituents is 1. The lowest BCUT2D eigenvalue weighted by Crippen LogP contribution is -2.27. The van der Waals surface area contributed by atoms with Gasteiger partial charge in [-0.3, -0.25) is 14.9 Å². The van der Waals surface area contributed by atoms with Gasteiger partial charge >= 0.3 is 5.97 Å². The maximum absolute atomic E-state index is 11.2. The summed E-state index contributed by atoms with van der Waals surface area (Å²) in [6, 6.07) is 9.79. The Hall–Kier alpha value is -3.00. The molecule has 0 heterocycles. The van der Waals surface area contributed by atoms with Crippen LogP contribution in [0.25, 0.3) is 0 Å². The van der Waals surface area contributed by atoms with Gasteiger partial charge in [0.25, 0.3) is 5.69 Å². The van der Waals surface area contributed by atoms with E-state index in [0.717, 1.165) is 30.6 Å². The van der Waals surface area contributed by atoms with Gasteiger partial charge in [-0.1, -0.05) is 63.5 Å². The summed E-state index contributed by atoms with van der Waals surface area (Å²) in [5, 5.41) is 28.6. The molecule has 2 rings (SSSR count). The molecule has 0 bridgehead atoms. The van der Waals surface area contributed by atoms with Crippen molar-refractivity contribution in [3.8, 4) is 0 Å². The Morgan fingerprint density at radius 3 is 2.20 bits per heavy atom. The van der Waals surface area contributed by atoms with Gasteiger partial charge in [0.15, 0.2) is 0 Å². The molecular formula is C26H35ClN4O4. The number of hydrogen-bond acceptors (Lipinski definition) is 6. The molecule has 190 valence electrons. The number of rotatable bonds is 16. The van der Waals surface area contributed by atoms with Crippen LogP contribution >= 0.6 is 11.6 Å². The van der Waals surface area contributed by atoms with Gasteiger partial charge < -0.3 is 10.0 Å². The molecule has 2 aromatic rings. The third-order valence-electron chi connectivity index (χ3n) is 5.83. The first-order valence-corrected chi connectivity index (χ1v) is 12.6. The number of carboxylic acid groups (broad SMARTS) is 1. The fraction of sp³-hybridized carbons (Fsp3) is 0.500. The predicted molar refractivity (Wildman–Crippen MR) is 141 cm³/mol. The maximum atomic E-state index is 11.2. The van der Waals surface area contributed by atoms with Crippen LogP contribution in [0.5, 0.6) is 0 Å². The Bertz CT molecular complexity index is 1010. The first-order valence-electron chi connectivity index (χ1n) is 12.2. The summed E-state index contributed by atoms with van der Waals surface area (Å²) < 4.78 is 0. The zero-order valence-electron chi connectivity index (χ0n) is 20.6. The number of benzene rings is 2. The number of aryl methyl sites for hydroxylation is 1. The molecule has 0 saturated heterocycles. The average Bonchev–Trinajstić information content (AvgIpc) is 2.82. The quantitative estimate of drug-likeness (QED) is 0.107. The number of aliphatic carboxylic acids is 1. The van der Waals surface area contributed by atoms with Crippen molar-refractivity contribution in [3.05, 3.63) is 57.1 Å². The van der Waals surface area contributed by atoms with Gasteiger partial charge in [0.1, 0.15) is 5.69 Å². The molecular weight excluding hydrogens is 468 g/mol. The smallest absolute Gasteiger partial charge is 0.305 e. The van der Waals surface area contributed by atoms with Gasteiger partial charge in [0.05, 0.1) is 22.1 Å². The average molecular weight is 503 g/mol. The Balaban J connectivity index is 2.02. The molecule has 9 heteroatoms. The molecule has 0 aliphatic rings. The molecule has 2 aromatic carbocycles. The van der Waals surface area contributed by atoms with Crippen LogP contribution in [-0.2, 0) is 4.79 Å². The van der Waals surface area contributed by atoms with E-state index in [0.29, 0.717) is 17.9 Å². The van der Waals surface area contributed by atoms with E-state index in [1.807, 2.05) is 25.1 Å². The number of anilines is 1. The Kier molecular flexibility index (Phi) is 12.2. The van der Waals surface area contributed by atoms with Crippen LogP contribution in [0.1, 0.15) is 70.3 Å². The Morgan fingerprint density at radius 1 is 0.971 bits per heavy atom. The molecule has 0 spiro atoms. The third kappa shape index (κ3) is 10.0. The van der Waals surface area contributed by atoms with E-state index in [4.69, 9.17) is 16.7 Å². The van der Waals surface area contributed by atoms with E-state index in [1.165, 1.54) is 56.7 Å². The second kappa shape index (κ2) is 15.1. The number of azo groups is 1. The summed E-state index contributed by atoms with van der Waals surface area (Å²) in [4.78, 5) is 23.6. The van der Waals surface area contributed by atoms with E-state index < -0.39 is 10.9 Å². The van der Waals surface area contributed by atoms with Crippen LogP contribution in [-0.4, -0.2) is 29.1 Å². The molecule has 1 N–H and O–H groups in total. The van der Waals surface area contributed by atoms with Crippen LogP contribution in [0.2, 0.25) is 5.02 Å². The highest BCUT2D eigenvalue weighted by molar-refractivity contribution is 6.33. The molecule has 35 heavy (non-hydrogen) atoms. The van der Waals surface area contributed by atoms with E-state index in [9.17, 15) is 14.9 Å². The van der Waals surface area contributed by atoms with Crippen molar-refractivity contribution >= 4 is 40.3 Å². The zero-order chi connectivity index (χ0) is 25.6. The van der Waals surface area contributed by atoms with Crippen molar-refractivity contribution in [2.24, 2.45) is 10.2 Å². The Labute approximate surface area is 212 Å². The van der Waals surface area contributed by atoms with Crippen molar-refractivity contribution in [1.82, 2.24) is 0 Å². The van der Waals surface area contributed by atoms with Gasteiger partial charge in [0, 0.05) is 30.9 Å². The van der Waals surface area contributed by atoms with Crippen molar-refractivity contribution in [1.29, 1.82) is 0 Å². The summed E-state index contributed by atoms with van der Waals surface area (Å²) in [7, 11) is 0. The lowest BCUT2D eigenvalue weighted by Gasteiger charge is -2.25. The molecule has 0 unspecified atom stereocenters. The largest absolute Gasteiger partial charge is 0.481 e. The monoisotopic (exact) mass is 502 g/mol. The molecule has 8 nitrogen and oxygen atoms in total. The molecule has 0 fully saturated rings. The standard InChI is InChI=1S/C26H35ClN4O4/c1-3-4-5-6-7-8-9-10-16-30(17-15-26(32)33)21-11-13-24(20(2)18-21)28-29-25-14-12-22(31(34)35)19-23(25)27/h11-14,18-19H,3-10,15-17H2,1-2H3,(H,32,33). The van der Waals surface area contributed by atoms with Crippen LogP contribution in [0.3, 0.4) is 0 Å². The minimum absolute atomic E-state index is 0.0795. The van der Waals surface area contributed by atoms with Crippen LogP contribution in [0.4, 0.5) is 22.7 Å². The topological polar surface area (TPSA) is 108 Å². The molecule has 0 atom stereocenters. The summed E-state index contributed by atoms with van der Waals surface area (Å²) in [6.45, 7) is 5.39. The van der Waals surface area contributed by atoms with Crippen molar-refractivity contribution < 1.29 is 14.8 Å². The van der Waals surface area contributed by atoms with Crippen LogP contribution in [0, 0.1) is 17.0 Å². The number of hydrogen-bond donors (Lipinski definition) is 1. The normalized spacial score (nSPS) is 11.2. The lowest BCUT2D eigenvalue weighted by atomic mass is 10.1. The SMILES string of the molecule is CCCCCCCCCCN(CCC(=O)O)c1ccc(N=Nc2ccc([N+](=O)[O-])cc2Cl)c(C)c1. The predicted octanol–water partition coefficient (Wildman–Crippen LogP) is 8.39. The maximum Gasteiger partial charge on any atom is 0.305 e. The number of carboxylic acids is 1. The van der Waals surface area contributed by atoms with Gasteiger partial charge in [0.2, 0.25) is 0 Å². The first-order chi connectivity index (χ1) is 16.8. The van der Waals surface area contributed by atoms with Gasteiger partial charge in [-0.25, -0.2) is 0 Å². The number of halogens is 1. The van der Waals surface area contributed by atoms with E-state index >= 15 is 0 Å². The highest BCUT2D eigenvalue weighted by atomic mass is 35.5. The fourth-order valence-electron chi connectivity index (χ4n) is 3.78. The van der Waals surface area contributed by atoms with Crippen LogP contribution in [0.15, 0.2) is 46.6 Å². The van der Waals surface area contributed by atoms with Crippen LogP contribution < -0.4 is 4.90 Å². The van der Waals surface area contributed by atoms with E-state index in [2.05, 4.69) is 22.1 Å².